The van der Waals surface area contributed by atoms with Crippen LogP contribution in [0.25, 0.3) is 0 Å². The Balaban J connectivity index is 3.50. The molecule has 0 rings (SSSR count). The second kappa shape index (κ2) is 4.08. The van der Waals surface area contributed by atoms with E-state index in [2.05, 4.69) is 13.8 Å². The summed E-state index contributed by atoms with van der Waals surface area (Å²) in [6.07, 6.45) is 0.475. The van der Waals surface area contributed by atoms with Gasteiger partial charge in [-0.2, -0.15) is 0 Å². The fourth-order valence-electron chi connectivity index (χ4n) is 0.511. The summed E-state index contributed by atoms with van der Waals surface area (Å²) in [5.74, 6) is 0.896. The maximum absolute atomic E-state index is 10.3. The van der Waals surface area contributed by atoms with E-state index in [0.717, 1.165) is 0 Å². The van der Waals surface area contributed by atoms with E-state index in [1.165, 1.54) is 0 Å². The van der Waals surface area contributed by atoms with Gasteiger partial charge in [-0.15, -0.1) is 0 Å². The van der Waals surface area contributed by atoms with Crippen molar-refractivity contribution in [2.75, 3.05) is 6.16 Å². The zero-order valence-electron chi connectivity index (χ0n) is 6.22. The largest absolute Gasteiger partial charge is 0.346 e. The van der Waals surface area contributed by atoms with Crippen molar-refractivity contribution in [1.82, 2.24) is 0 Å². The summed E-state index contributed by atoms with van der Waals surface area (Å²) in [7, 11) is -2.23. The second-order valence-electron chi connectivity index (χ2n) is 2.82. The van der Waals surface area contributed by atoms with Gasteiger partial charge < -0.3 is 4.89 Å². The molecule has 2 unspecified atom stereocenters. The first kappa shape index (κ1) is 9.19. The molecule has 56 valence electrons. The van der Waals surface area contributed by atoms with Crippen LogP contribution in [0.3, 0.4) is 0 Å². The summed E-state index contributed by atoms with van der Waals surface area (Å²) in [6, 6.07) is 0. The lowest BCUT2D eigenvalue weighted by Crippen LogP contribution is -2.05. The summed E-state index contributed by atoms with van der Waals surface area (Å²) in [4.78, 5) is 8.52. The summed E-state index contributed by atoms with van der Waals surface area (Å²) >= 11 is 0. The zero-order valence-corrected chi connectivity index (χ0v) is 7.22. The van der Waals surface area contributed by atoms with Crippen LogP contribution in [0.2, 0.25) is 0 Å². The molecule has 9 heavy (non-hydrogen) atoms. The Bertz CT molecular complexity index is 101. The van der Waals surface area contributed by atoms with E-state index in [9.17, 15) is 4.57 Å². The van der Waals surface area contributed by atoms with E-state index in [1.54, 1.807) is 0 Å². The monoisotopic (exact) mass is 150 g/mol. The van der Waals surface area contributed by atoms with Crippen LogP contribution in [0.5, 0.6) is 0 Å². The number of rotatable bonds is 3. The summed E-state index contributed by atoms with van der Waals surface area (Å²) < 4.78 is 10.3. The Morgan fingerprint density at radius 2 is 1.89 bits per heavy atom. The van der Waals surface area contributed by atoms with Crippen LogP contribution in [-0.2, 0) is 4.57 Å². The van der Waals surface area contributed by atoms with Gasteiger partial charge in [-0.05, 0) is 11.8 Å². The topological polar surface area (TPSA) is 37.3 Å². The van der Waals surface area contributed by atoms with Gasteiger partial charge in [0.15, 0.2) is 8.03 Å². The van der Waals surface area contributed by atoms with Crippen LogP contribution >= 0.6 is 8.03 Å². The van der Waals surface area contributed by atoms with Crippen molar-refractivity contribution in [2.45, 2.75) is 20.8 Å². The van der Waals surface area contributed by atoms with Crippen molar-refractivity contribution in [3.05, 3.63) is 0 Å². The SMILES string of the molecule is CC(C)C(C)C[PH](=O)O. The molecule has 0 fully saturated rings. The van der Waals surface area contributed by atoms with E-state index in [-0.39, 0.29) is 0 Å². The van der Waals surface area contributed by atoms with Crippen molar-refractivity contribution < 1.29 is 9.46 Å². The van der Waals surface area contributed by atoms with Gasteiger partial charge in [0.05, 0.1) is 0 Å². The highest BCUT2D eigenvalue weighted by Gasteiger charge is 2.08. The molecular weight excluding hydrogens is 135 g/mol. The molecule has 0 saturated heterocycles. The molecule has 0 heterocycles. The lowest BCUT2D eigenvalue weighted by Gasteiger charge is -2.12. The lowest BCUT2D eigenvalue weighted by molar-refractivity contribution is 0.433. The molecule has 2 atom stereocenters. The summed E-state index contributed by atoms with van der Waals surface area (Å²) in [6.45, 7) is 6.13. The third-order valence-electron chi connectivity index (χ3n) is 1.63. The second-order valence-corrected chi connectivity index (χ2v) is 4.01. The molecule has 0 aliphatic carbocycles. The van der Waals surface area contributed by atoms with E-state index >= 15 is 0 Å². The molecule has 0 saturated carbocycles. The van der Waals surface area contributed by atoms with Crippen LogP contribution in [0.4, 0.5) is 0 Å². The first-order valence-corrected chi connectivity index (χ1v) is 4.82. The molecule has 0 spiro atoms. The number of hydrogen-bond acceptors (Lipinski definition) is 1. The highest BCUT2D eigenvalue weighted by Crippen LogP contribution is 2.22. The van der Waals surface area contributed by atoms with Crippen molar-refractivity contribution in [2.24, 2.45) is 11.8 Å². The molecule has 0 aliphatic rings. The average Bonchev–Trinajstić information content (AvgIpc) is 1.63. The fourth-order valence-corrected chi connectivity index (χ4v) is 1.53. The molecule has 1 N–H and O–H groups in total. The van der Waals surface area contributed by atoms with Gasteiger partial charge in [0.2, 0.25) is 0 Å². The normalized spacial score (nSPS) is 17.9. The van der Waals surface area contributed by atoms with Gasteiger partial charge in [0.25, 0.3) is 0 Å². The molecular formula is C6H15O2P. The van der Waals surface area contributed by atoms with E-state index in [0.29, 0.717) is 18.0 Å². The molecule has 0 aliphatic heterocycles. The molecule has 0 bridgehead atoms. The molecule has 0 amide bonds. The molecule has 0 radical (unpaired) electrons. The first-order valence-electron chi connectivity index (χ1n) is 3.25. The van der Waals surface area contributed by atoms with Gasteiger partial charge >= 0.3 is 0 Å². The predicted octanol–water partition coefficient (Wildman–Crippen LogP) is 1.75. The Hall–Kier alpha value is 0.190. The summed E-state index contributed by atoms with van der Waals surface area (Å²) in [5, 5.41) is 0. The van der Waals surface area contributed by atoms with Crippen molar-refractivity contribution >= 4 is 8.03 Å². The smallest absolute Gasteiger partial charge is 0.189 e. The summed E-state index contributed by atoms with van der Waals surface area (Å²) in [5.41, 5.74) is 0. The molecule has 0 aromatic carbocycles. The molecule has 2 nitrogen and oxygen atoms in total. The standard InChI is InChI=1S/C6H15O2P/c1-5(2)6(3)4-9(7)8/h5-6,9H,4H2,1-3H3,(H,7,8). The predicted molar refractivity (Wildman–Crippen MR) is 40.1 cm³/mol. The van der Waals surface area contributed by atoms with Crippen molar-refractivity contribution in [3.63, 3.8) is 0 Å². The van der Waals surface area contributed by atoms with Gasteiger partial charge in [-0.3, -0.25) is 4.57 Å². The highest BCUT2D eigenvalue weighted by atomic mass is 31.1. The third-order valence-corrected chi connectivity index (χ3v) is 2.63. The third kappa shape index (κ3) is 4.68. The Kier molecular flexibility index (Phi) is 4.16. The van der Waals surface area contributed by atoms with Crippen molar-refractivity contribution in [1.29, 1.82) is 0 Å². The fraction of sp³-hybridized carbons (Fsp3) is 1.00. The molecule has 3 heteroatoms. The van der Waals surface area contributed by atoms with Crippen molar-refractivity contribution in [3.8, 4) is 0 Å². The minimum atomic E-state index is -2.23. The van der Waals surface area contributed by atoms with Crippen LogP contribution in [0, 0.1) is 11.8 Å². The Labute approximate surface area is 57.1 Å². The average molecular weight is 150 g/mol. The van der Waals surface area contributed by atoms with E-state index in [4.69, 9.17) is 4.89 Å². The maximum Gasteiger partial charge on any atom is 0.189 e. The Morgan fingerprint density at radius 1 is 1.44 bits per heavy atom. The molecule has 0 aromatic rings. The van der Waals surface area contributed by atoms with Gasteiger partial charge in [0.1, 0.15) is 0 Å². The van der Waals surface area contributed by atoms with Crippen LogP contribution < -0.4 is 0 Å². The quantitative estimate of drug-likeness (QED) is 0.622. The first-order chi connectivity index (χ1) is 4.04. The zero-order chi connectivity index (χ0) is 7.44. The minimum absolute atomic E-state index is 0.376. The van der Waals surface area contributed by atoms with Gasteiger partial charge in [-0.25, -0.2) is 0 Å². The van der Waals surface area contributed by atoms with Gasteiger partial charge in [-0.1, -0.05) is 20.8 Å². The van der Waals surface area contributed by atoms with Crippen LogP contribution in [-0.4, -0.2) is 11.1 Å². The van der Waals surface area contributed by atoms with Crippen LogP contribution in [0.15, 0.2) is 0 Å². The minimum Gasteiger partial charge on any atom is -0.346 e. The highest BCUT2D eigenvalue weighted by molar-refractivity contribution is 7.38. The van der Waals surface area contributed by atoms with Gasteiger partial charge in [0, 0.05) is 6.16 Å². The lowest BCUT2D eigenvalue weighted by atomic mass is 10.0. The maximum atomic E-state index is 10.3. The van der Waals surface area contributed by atoms with E-state index in [1.807, 2.05) is 6.92 Å². The number of hydrogen-bond donors (Lipinski definition) is 1. The molecule has 0 aromatic heterocycles. The van der Waals surface area contributed by atoms with Crippen LogP contribution in [0.1, 0.15) is 20.8 Å². The Morgan fingerprint density at radius 3 is 2.00 bits per heavy atom. The van der Waals surface area contributed by atoms with E-state index < -0.39 is 8.03 Å².